The van der Waals surface area contributed by atoms with Crippen molar-refractivity contribution >= 4 is 40.7 Å². The molecule has 0 spiro atoms. The van der Waals surface area contributed by atoms with E-state index >= 15 is 0 Å². The molecule has 4 aromatic rings. The van der Waals surface area contributed by atoms with E-state index in [-0.39, 0.29) is 24.0 Å². The van der Waals surface area contributed by atoms with Crippen LogP contribution in [0.2, 0.25) is 25.7 Å². The van der Waals surface area contributed by atoms with Crippen molar-refractivity contribution in [2.45, 2.75) is 52.0 Å². The number of ether oxygens (including phenoxy) is 2. The van der Waals surface area contributed by atoms with Crippen LogP contribution in [0.3, 0.4) is 0 Å². The number of fused-ring (bicyclic) bond motifs is 3. The van der Waals surface area contributed by atoms with E-state index in [9.17, 15) is 9.59 Å². The van der Waals surface area contributed by atoms with E-state index < -0.39 is 8.07 Å². The number of rotatable bonds is 5. The molecular weight excluding hydrogens is 504 g/mol. The standard InChI is InChI=1S/C27H34N4O4SSi/c1-18-16-29(2)12-13-31-26(32)20-9-6-8-19(25(20)36-31)23-27(33)30(17-34-14-15-37(3,4)5)21-10-7-11-22(35-18)24(21)28-23/h6-11,18H,12-17H2,1-5H3/t18-/m0/s1. The van der Waals surface area contributed by atoms with Crippen molar-refractivity contribution < 1.29 is 9.47 Å². The van der Waals surface area contributed by atoms with Crippen LogP contribution in [-0.2, 0) is 18.0 Å². The minimum atomic E-state index is -1.27. The molecule has 37 heavy (non-hydrogen) atoms. The maximum atomic E-state index is 13.9. The van der Waals surface area contributed by atoms with Crippen LogP contribution >= 0.6 is 11.5 Å². The highest BCUT2D eigenvalue weighted by molar-refractivity contribution is 7.14. The Kier molecular flexibility index (Phi) is 7.10. The molecule has 0 saturated carbocycles. The van der Waals surface area contributed by atoms with E-state index in [4.69, 9.17) is 14.5 Å². The minimum Gasteiger partial charge on any atom is -0.487 e. The van der Waals surface area contributed by atoms with Crippen LogP contribution in [0.4, 0.5) is 0 Å². The summed E-state index contributed by atoms with van der Waals surface area (Å²) in [6.07, 6.45) is -0.115. The lowest BCUT2D eigenvalue weighted by molar-refractivity contribution is 0.0878. The van der Waals surface area contributed by atoms with Gasteiger partial charge in [-0.3, -0.25) is 18.1 Å². The van der Waals surface area contributed by atoms with E-state index in [1.165, 1.54) is 11.5 Å². The number of nitrogens with zero attached hydrogens (tertiary/aromatic N) is 4. The summed E-state index contributed by atoms with van der Waals surface area (Å²) in [4.78, 5) is 34.2. The predicted molar refractivity (Wildman–Crippen MR) is 153 cm³/mol. The highest BCUT2D eigenvalue weighted by atomic mass is 32.1. The third kappa shape index (κ3) is 5.29. The van der Waals surface area contributed by atoms with E-state index in [2.05, 4.69) is 24.5 Å². The van der Waals surface area contributed by atoms with Gasteiger partial charge in [0.25, 0.3) is 11.1 Å². The molecule has 0 fully saturated rings. The summed E-state index contributed by atoms with van der Waals surface area (Å²) in [7, 11) is 0.758. The maximum absolute atomic E-state index is 13.9. The van der Waals surface area contributed by atoms with Gasteiger partial charge in [0, 0.05) is 39.9 Å². The van der Waals surface area contributed by atoms with Crippen molar-refractivity contribution in [3.63, 3.8) is 0 Å². The third-order valence-electron chi connectivity index (χ3n) is 6.67. The molecule has 0 N–H and O–H groups in total. The topological polar surface area (TPSA) is 78.6 Å². The van der Waals surface area contributed by atoms with Crippen molar-refractivity contribution in [2.75, 3.05) is 26.7 Å². The average molecular weight is 539 g/mol. The van der Waals surface area contributed by atoms with Gasteiger partial charge in [-0.15, -0.1) is 0 Å². The first-order valence-electron chi connectivity index (χ1n) is 12.7. The van der Waals surface area contributed by atoms with Crippen molar-refractivity contribution in [3.8, 4) is 17.0 Å². The summed E-state index contributed by atoms with van der Waals surface area (Å²) in [5.74, 6) is 0.630. The highest BCUT2D eigenvalue weighted by Crippen LogP contribution is 2.31. The number of aromatic nitrogens is 3. The quantitative estimate of drug-likeness (QED) is 0.276. The zero-order valence-electron chi connectivity index (χ0n) is 22.1. The van der Waals surface area contributed by atoms with Gasteiger partial charge in [-0.25, -0.2) is 4.98 Å². The summed E-state index contributed by atoms with van der Waals surface area (Å²) in [5, 5.41) is 0.608. The molecule has 3 heterocycles. The predicted octanol–water partition coefficient (Wildman–Crippen LogP) is 4.46. The molecular formula is C27H34N4O4SSi. The monoisotopic (exact) mass is 538 g/mol. The van der Waals surface area contributed by atoms with Gasteiger partial charge in [0.05, 0.1) is 15.6 Å². The van der Waals surface area contributed by atoms with Crippen LogP contribution in [0, 0.1) is 0 Å². The van der Waals surface area contributed by atoms with Crippen molar-refractivity contribution in [1.82, 2.24) is 18.4 Å². The number of likely N-dealkylation sites (N-methyl/N-ethyl adjacent to an activating group) is 1. The van der Waals surface area contributed by atoms with Crippen LogP contribution in [0.5, 0.6) is 5.75 Å². The molecule has 1 aliphatic rings. The SMILES string of the molecule is C[C@H]1CN(C)CCn2sc3c(cccc3c2=O)-c2nc3c(cccc3n(COCC[Si](C)(C)C)c2=O)O1. The van der Waals surface area contributed by atoms with Gasteiger partial charge in [0.1, 0.15) is 29.8 Å². The number of benzene rings is 2. The Hall–Kier alpha value is -2.79. The van der Waals surface area contributed by atoms with Crippen LogP contribution in [0.25, 0.3) is 32.4 Å². The van der Waals surface area contributed by atoms with E-state index in [1.54, 1.807) is 8.52 Å². The smallest absolute Gasteiger partial charge is 0.279 e. The second-order valence-electron chi connectivity index (χ2n) is 11.0. The summed E-state index contributed by atoms with van der Waals surface area (Å²) in [6.45, 7) is 11.6. The lowest BCUT2D eigenvalue weighted by atomic mass is 10.1. The molecule has 0 aliphatic carbocycles. The van der Waals surface area contributed by atoms with Crippen molar-refractivity contribution in [1.29, 1.82) is 0 Å². The molecule has 8 nitrogen and oxygen atoms in total. The number of para-hydroxylation sites is 1. The van der Waals surface area contributed by atoms with Crippen LogP contribution in [0.1, 0.15) is 6.92 Å². The molecule has 0 unspecified atom stereocenters. The Morgan fingerprint density at radius 1 is 1.11 bits per heavy atom. The molecule has 1 atom stereocenters. The Balaban J connectivity index is 1.73. The van der Waals surface area contributed by atoms with Crippen LogP contribution in [-0.4, -0.2) is 59.3 Å². The van der Waals surface area contributed by atoms with Crippen LogP contribution < -0.4 is 15.9 Å². The number of hydrogen-bond donors (Lipinski definition) is 0. The summed E-state index contributed by atoms with van der Waals surface area (Å²) < 4.78 is 16.6. The molecule has 2 aromatic carbocycles. The highest BCUT2D eigenvalue weighted by Gasteiger charge is 2.22. The third-order valence-corrected chi connectivity index (χ3v) is 9.56. The largest absolute Gasteiger partial charge is 0.487 e. The lowest BCUT2D eigenvalue weighted by Gasteiger charge is -2.23. The van der Waals surface area contributed by atoms with Crippen LogP contribution in [0.15, 0.2) is 46.0 Å². The second-order valence-corrected chi connectivity index (χ2v) is 17.7. The van der Waals surface area contributed by atoms with Gasteiger partial charge in [0.2, 0.25) is 0 Å². The van der Waals surface area contributed by atoms with Crippen molar-refractivity contribution in [3.05, 3.63) is 57.1 Å². The number of hydrogen-bond acceptors (Lipinski definition) is 7. The first-order valence-corrected chi connectivity index (χ1v) is 17.2. The normalized spacial score (nSPS) is 16.9. The summed E-state index contributed by atoms with van der Waals surface area (Å²) >= 11 is 1.40. The Bertz CT molecular complexity index is 1570. The first-order chi connectivity index (χ1) is 17.6. The van der Waals surface area contributed by atoms with E-state index in [0.29, 0.717) is 59.7 Å². The van der Waals surface area contributed by atoms with E-state index in [1.807, 2.05) is 50.4 Å². The van der Waals surface area contributed by atoms with Gasteiger partial charge < -0.3 is 14.4 Å². The molecule has 0 radical (unpaired) electrons. The zero-order valence-corrected chi connectivity index (χ0v) is 23.9. The molecule has 0 saturated heterocycles. The zero-order chi connectivity index (χ0) is 26.3. The van der Waals surface area contributed by atoms with Gasteiger partial charge in [-0.05, 0) is 38.2 Å². The molecule has 196 valence electrons. The molecule has 2 aromatic heterocycles. The van der Waals surface area contributed by atoms with Gasteiger partial charge in [-0.2, -0.15) is 0 Å². The second kappa shape index (κ2) is 10.2. The molecule has 4 bridgehead atoms. The van der Waals surface area contributed by atoms with Crippen molar-refractivity contribution in [2.24, 2.45) is 0 Å². The van der Waals surface area contributed by atoms with Gasteiger partial charge in [0.15, 0.2) is 0 Å². The maximum Gasteiger partial charge on any atom is 0.279 e. The minimum absolute atomic E-state index is 0.0362. The van der Waals surface area contributed by atoms with Gasteiger partial charge >= 0.3 is 0 Å². The summed E-state index contributed by atoms with van der Waals surface area (Å²) in [5.41, 5.74) is 1.97. The molecule has 1 aliphatic heterocycles. The lowest BCUT2D eigenvalue weighted by Crippen LogP contribution is -2.34. The summed E-state index contributed by atoms with van der Waals surface area (Å²) in [6, 6.07) is 12.2. The fourth-order valence-corrected chi connectivity index (χ4v) is 6.49. The van der Waals surface area contributed by atoms with Gasteiger partial charge in [-0.1, -0.05) is 49.4 Å². The van der Waals surface area contributed by atoms with E-state index in [0.717, 1.165) is 10.7 Å². The fraction of sp³-hybridized carbons (Fsp3) is 0.444. The Labute approximate surface area is 221 Å². The Morgan fingerprint density at radius 2 is 1.89 bits per heavy atom. The first kappa shape index (κ1) is 25.8. The molecule has 10 heteroatoms. The fourth-order valence-electron chi connectivity index (χ4n) is 4.64. The Morgan fingerprint density at radius 3 is 2.68 bits per heavy atom. The molecule has 5 rings (SSSR count). The molecule has 0 amide bonds. The average Bonchev–Trinajstić information content (AvgIpc) is 3.16.